The van der Waals surface area contributed by atoms with E-state index in [1.54, 1.807) is 30.3 Å². The molecule has 0 radical (unpaired) electrons. The molecule has 1 heterocycles. The molecular formula is C22H15ClN2O3. The molecule has 0 spiro atoms. The highest BCUT2D eigenvalue weighted by atomic mass is 35.5. The zero-order valence-electron chi connectivity index (χ0n) is 14.7. The molecule has 0 bridgehead atoms. The van der Waals surface area contributed by atoms with Crippen molar-refractivity contribution in [3.05, 3.63) is 100 Å². The molecule has 0 aliphatic carbocycles. The van der Waals surface area contributed by atoms with Crippen LogP contribution in [0.3, 0.4) is 0 Å². The summed E-state index contributed by atoms with van der Waals surface area (Å²) < 4.78 is 0. The Kier molecular flexibility index (Phi) is 4.67. The van der Waals surface area contributed by atoms with Gasteiger partial charge in [0.25, 0.3) is 17.7 Å². The first-order valence-electron chi connectivity index (χ1n) is 8.66. The Bertz CT molecular complexity index is 1100. The number of carbonyl (C=O) groups excluding carboxylic acids is 3. The quantitative estimate of drug-likeness (QED) is 0.683. The van der Waals surface area contributed by atoms with Crippen molar-refractivity contribution in [1.29, 1.82) is 0 Å². The van der Waals surface area contributed by atoms with Crippen LogP contribution in [0.5, 0.6) is 0 Å². The van der Waals surface area contributed by atoms with Crippen LogP contribution in [0.15, 0.2) is 72.8 Å². The van der Waals surface area contributed by atoms with Crippen molar-refractivity contribution in [3.63, 3.8) is 0 Å². The van der Waals surface area contributed by atoms with Crippen molar-refractivity contribution in [2.45, 2.75) is 6.54 Å². The summed E-state index contributed by atoms with van der Waals surface area (Å²) in [7, 11) is 0. The van der Waals surface area contributed by atoms with E-state index in [1.807, 2.05) is 30.3 Å². The third-order valence-electron chi connectivity index (χ3n) is 4.54. The SMILES string of the molecule is O=C(NCc1ccccc1)c1ccc2c(c1)C(=O)N(c1ccccc1Cl)C2=O. The zero-order valence-corrected chi connectivity index (χ0v) is 15.4. The Morgan fingerprint density at radius 2 is 1.54 bits per heavy atom. The lowest BCUT2D eigenvalue weighted by Crippen LogP contribution is -2.29. The second-order valence-corrected chi connectivity index (χ2v) is 6.73. The van der Waals surface area contributed by atoms with Crippen LogP contribution in [0, 0.1) is 0 Å². The summed E-state index contributed by atoms with van der Waals surface area (Å²) in [6, 6.07) is 20.7. The molecule has 4 rings (SSSR count). The van der Waals surface area contributed by atoms with Gasteiger partial charge in [-0.2, -0.15) is 0 Å². The fourth-order valence-corrected chi connectivity index (χ4v) is 3.33. The molecular weight excluding hydrogens is 376 g/mol. The maximum atomic E-state index is 12.8. The Labute approximate surface area is 166 Å². The topological polar surface area (TPSA) is 66.5 Å². The molecule has 0 fully saturated rings. The minimum atomic E-state index is -0.495. The third kappa shape index (κ3) is 3.17. The van der Waals surface area contributed by atoms with Gasteiger partial charge in [-0.05, 0) is 35.9 Å². The molecule has 1 aliphatic heterocycles. The fourth-order valence-electron chi connectivity index (χ4n) is 3.11. The Balaban J connectivity index is 1.58. The normalized spacial score (nSPS) is 12.8. The second-order valence-electron chi connectivity index (χ2n) is 6.33. The number of benzene rings is 3. The van der Waals surface area contributed by atoms with Gasteiger partial charge in [-0.25, -0.2) is 4.90 Å². The first-order chi connectivity index (χ1) is 13.6. The van der Waals surface area contributed by atoms with E-state index in [1.165, 1.54) is 12.1 Å². The van der Waals surface area contributed by atoms with Crippen LogP contribution in [0.25, 0.3) is 0 Å². The summed E-state index contributed by atoms with van der Waals surface area (Å²) in [6.07, 6.45) is 0. The highest BCUT2D eigenvalue weighted by Crippen LogP contribution is 2.33. The average molecular weight is 391 g/mol. The van der Waals surface area contributed by atoms with Crippen molar-refractivity contribution < 1.29 is 14.4 Å². The molecule has 3 amide bonds. The summed E-state index contributed by atoms with van der Waals surface area (Å²) in [5, 5.41) is 3.12. The summed E-state index contributed by atoms with van der Waals surface area (Å²) >= 11 is 6.15. The number of hydrogen-bond donors (Lipinski definition) is 1. The lowest BCUT2D eigenvalue weighted by atomic mass is 10.1. The van der Waals surface area contributed by atoms with E-state index < -0.39 is 11.8 Å². The summed E-state index contributed by atoms with van der Waals surface area (Å²) in [5.41, 5.74) is 2.05. The van der Waals surface area contributed by atoms with E-state index in [4.69, 9.17) is 11.6 Å². The van der Waals surface area contributed by atoms with Crippen molar-refractivity contribution in [2.24, 2.45) is 0 Å². The van der Waals surface area contributed by atoms with Gasteiger partial charge in [0.05, 0.1) is 21.8 Å². The molecule has 6 heteroatoms. The smallest absolute Gasteiger partial charge is 0.266 e. The van der Waals surface area contributed by atoms with E-state index >= 15 is 0 Å². The molecule has 3 aromatic rings. The van der Waals surface area contributed by atoms with Gasteiger partial charge in [0.1, 0.15) is 0 Å². The number of rotatable bonds is 4. The molecule has 1 N–H and O–H groups in total. The van der Waals surface area contributed by atoms with Gasteiger partial charge in [-0.1, -0.05) is 54.1 Å². The predicted molar refractivity (Wildman–Crippen MR) is 107 cm³/mol. The lowest BCUT2D eigenvalue weighted by Gasteiger charge is -2.15. The van der Waals surface area contributed by atoms with Gasteiger partial charge < -0.3 is 5.32 Å². The molecule has 3 aromatic carbocycles. The second kappa shape index (κ2) is 7.29. The number of hydrogen-bond acceptors (Lipinski definition) is 3. The highest BCUT2D eigenvalue weighted by Gasteiger charge is 2.38. The van der Waals surface area contributed by atoms with Crippen molar-refractivity contribution in [1.82, 2.24) is 5.32 Å². The highest BCUT2D eigenvalue weighted by molar-refractivity contribution is 6.39. The van der Waals surface area contributed by atoms with E-state index in [2.05, 4.69) is 5.32 Å². The van der Waals surface area contributed by atoms with Crippen LogP contribution >= 0.6 is 11.6 Å². The summed E-state index contributed by atoms with van der Waals surface area (Å²) in [6.45, 7) is 0.370. The number of para-hydroxylation sites is 1. The van der Waals surface area contributed by atoms with Crippen LogP contribution in [0.4, 0.5) is 5.69 Å². The number of halogens is 1. The number of fused-ring (bicyclic) bond motifs is 1. The number of imide groups is 1. The average Bonchev–Trinajstić information content (AvgIpc) is 2.97. The van der Waals surface area contributed by atoms with Crippen LogP contribution in [-0.4, -0.2) is 17.7 Å². The Morgan fingerprint density at radius 3 is 2.29 bits per heavy atom. The maximum Gasteiger partial charge on any atom is 0.266 e. The van der Waals surface area contributed by atoms with Crippen LogP contribution < -0.4 is 10.2 Å². The van der Waals surface area contributed by atoms with Gasteiger partial charge in [0, 0.05) is 12.1 Å². The first kappa shape index (κ1) is 17.9. The maximum absolute atomic E-state index is 12.8. The number of amides is 3. The lowest BCUT2D eigenvalue weighted by molar-refractivity contribution is 0.0923. The summed E-state index contributed by atoms with van der Waals surface area (Å²) in [4.78, 5) is 39.0. The molecule has 28 heavy (non-hydrogen) atoms. The van der Waals surface area contributed by atoms with E-state index in [-0.39, 0.29) is 17.0 Å². The van der Waals surface area contributed by atoms with Crippen LogP contribution in [0.1, 0.15) is 36.6 Å². The summed E-state index contributed by atoms with van der Waals surface area (Å²) in [5.74, 6) is -1.27. The van der Waals surface area contributed by atoms with Crippen LogP contribution in [0.2, 0.25) is 5.02 Å². The molecule has 0 unspecified atom stereocenters. The van der Waals surface area contributed by atoms with Gasteiger partial charge in [0.2, 0.25) is 0 Å². The molecule has 138 valence electrons. The first-order valence-corrected chi connectivity index (χ1v) is 9.03. The molecule has 0 saturated carbocycles. The molecule has 5 nitrogen and oxygen atoms in total. The largest absolute Gasteiger partial charge is 0.348 e. The standard InChI is InChI=1S/C22H15ClN2O3/c23-18-8-4-5-9-19(18)25-21(27)16-11-10-15(12-17(16)22(25)28)20(26)24-13-14-6-2-1-3-7-14/h1-12H,13H2,(H,24,26). The number of nitrogens with one attached hydrogen (secondary N) is 1. The van der Waals surface area contributed by atoms with Gasteiger partial charge in [-0.3, -0.25) is 14.4 Å². The van der Waals surface area contributed by atoms with Gasteiger partial charge in [0.15, 0.2) is 0 Å². The molecule has 1 aliphatic rings. The van der Waals surface area contributed by atoms with Crippen LogP contribution in [-0.2, 0) is 6.54 Å². The van der Waals surface area contributed by atoms with Gasteiger partial charge >= 0.3 is 0 Å². The number of nitrogens with zero attached hydrogens (tertiary/aromatic N) is 1. The Hall–Kier alpha value is -3.44. The van der Waals surface area contributed by atoms with Gasteiger partial charge in [-0.15, -0.1) is 0 Å². The van der Waals surface area contributed by atoms with Crippen molar-refractivity contribution in [3.8, 4) is 0 Å². The van der Waals surface area contributed by atoms with E-state index in [0.717, 1.165) is 10.5 Å². The van der Waals surface area contributed by atoms with E-state index in [9.17, 15) is 14.4 Å². The number of carbonyl (C=O) groups is 3. The molecule has 0 atom stereocenters. The predicted octanol–water partition coefficient (Wildman–Crippen LogP) is 4.07. The Morgan fingerprint density at radius 1 is 0.857 bits per heavy atom. The van der Waals surface area contributed by atoms with Crippen molar-refractivity contribution in [2.75, 3.05) is 4.90 Å². The third-order valence-corrected chi connectivity index (χ3v) is 4.86. The monoisotopic (exact) mass is 390 g/mol. The minimum Gasteiger partial charge on any atom is -0.348 e. The molecule has 0 saturated heterocycles. The zero-order chi connectivity index (χ0) is 19.7. The minimum absolute atomic E-state index is 0.192. The van der Waals surface area contributed by atoms with Crippen molar-refractivity contribution >= 4 is 35.0 Å². The fraction of sp³-hybridized carbons (Fsp3) is 0.0455. The number of anilines is 1. The molecule has 0 aromatic heterocycles. The van der Waals surface area contributed by atoms with E-state index in [0.29, 0.717) is 22.8 Å².